The van der Waals surface area contributed by atoms with E-state index in [4.69, 9.17) is 9.47 Å². The molecule has 2 fully saturated rings. The highest BCUT2D eigenvalue weighted by Gasteiger charge is 2.44. The van der Waals surface area contributed by atoms with E-state index in [1.54, 1.807) is 0 Å². The first-order valence-corrected chi connectivity index (χ1v) is 12.4. The van der Waals surface area contributed by atoms with Crippen molar-refractivity contribution in [3.8, 4) is 0 Å². The molecule has 0 radical (unpaired) electrons. The van der Waals surface area contributed by atoms with Gasteiger partial charge in [-0.2, -0.15) is 0 Å². The monoisotopic (exact) mass is 452 g/mol. The second-order valence-corrected chi connectivity index (χ2v) is 10.3. The zero-order chi connectivity index (χ0) is 22.4. The van der Waals surface area contributed by atoms with Crippen LogP contribution in [-0.4, -0.2) is 69.4 Å². The van der Waals surface area contributed by atoms with Crippen molar-refractivity contribution >= 4 is 21.9 Å². The summed E-state index contributed by atoms with van der Waals surface area (Å²) in [7, 11) is -2.20. The van der Waals surface area contributed by atoms with Crippen molar-refractivity contribution in [1.82, 2.24) is 9.62 Å². The Balaban J connectivity index is 1.60. The third-order valence-corrected chi connectivity index (χ3v) is 8.25. The second-order valence-electron chi connectivity index (χ2n) is 8.23. The lowest BCUT2D eigenvalue weighted by Crippen LogP contribution is -2.49. The molecule has 1 aliphatic carbocycles. The summed E-state index contributed by atoms with van der Waals surface area (Å²) in [5.41, 5.74) is 1.35. The van der Waals surface area contributed by atoms with Crippen molar-refractivity contribution in [2.45, 2.75) is 62.3 Å². The smallest absolute Gasteiger partial charge is 0.303 e. The van der Waals surface area contributed by atoms with Crippen LogP contribution in [0.3, 0.4) is 0 Å². The van der Waals surface area contributed by atoms with Crippen LogP contribution in [0.25, 0.3) is 0 Å². The minimum absolute atomic E-state index is 0.0453. The summed E-state index contributed by atoms with van der Waals surface area (Å²) in [6.07, 6.45) is 4.21. The molecule has 9 heteroatoms. The fraction of sp³-hybridized carbons (Fsp3) is 0.636. The highest BCUT2D eigenvalue weighted by Crippen LogP contribution is 2.34. The standard InChI is InChI=1S/C22H32N2O6S/c1-16(25)29-15-22(26)24-13-12-21(31(27,28)23-2)20(24)14-30-19-10-8-18(9-11-19)17-6-4-3-5-7-17/h3-7,18-21,23H,8-15H2,1-2H3/t18?,19?,20-,21-/m0/s1. The molecule has 8 nitrogen and oxygen atoms in total. The Morgan fingerprint density at radius 3 is 2.39 bits per heavy atom. The summed E-state index contributed by atoms with van der Waals surface area (Å²) in [4.78, 5) is 25.1. The molecule has 2 atom stereocenters. The van der Waals surface area contributed by atoms with E-state index in [1.807, 2.05) is 6.07 Å². The zero-order valence-electron chi connectivity index (χ0n) is 18.2. The first-order valence-electron chi connectivity index (χ1n) is 10.8. The van der Waals surface area contributed by atoms with Gasteiger partial charge in [0.1, 0.15) is 0 Å². The van der Waals surface area contributed by atoms with Crippen LogP contribution in [0.1, 0.15) is 50.5 Å². The van der Waals surface area contributed by atoms with Crippen LogP contribution in [0.2, 0.25) is 0 Å². The number of esters is 1. The summed E-state index contributed by atoms with van der Waals surface area (Å²) >= 11 is 0. The molecule has 3 rings (SSSR count). The number of hydrogen-bond donors (Lipinski definition) is 1. The van der Waals surface area contributed by atoms with Crippen molar-refractivity contribution in [3.63, 3.8) is 0 Å². The van der Waals surface area contributed by atoms with Crippen molar-refractivity contribution in [2.75, 3.05) is 26.8 Å². The van der Waals surface area contributed by atoms with Gasteiger partial charge in [0.15, 0.2) is 6.61 Å². The Labute approximate surface area is 184 Å². The molecule has 1 saturated carbocycles. The van der Waals surface area contributed by atoms with Gasteiger partial charge in [0, 0.05) is 13.5 Å². The second kappa shape index (κ2) is 10.6. The van der Waals surface area contributed by atoms with E-state index in [1.165, 1.54) is 24.4 Å². The van der Waals surface area contributed by atoms with Crippen molar-refractivity contribution in [2.24, 2.45) is 0 Å². The number of amides is 1. The van der Waals surface area contributed by atoms with Gasteiger partial charge in [0.05, 0.1) is 24.0 Å². The number of benzene rings is 1. The van der Waals surface area contributed by atoms with Gasteiger partial charge in [0.25, 0.3) is 5.91 Å². The SMILES string of the molecule is CNS(=O)(=O)[C@H]1CCN(C(=O)COC(C)=O)[C@H]1COC1CCC(c2ccccc2)CC1. The van der Waals surface area contributed by atoms with Crippen LogP contribution in [0.4, 0.5) is 0 Å². The topological polar surface area (TPSA) is 102 Å². The van der Waals surface area contributed by atoms with Crippen LogP contribution in [0.15, 0.2) is 30.3 Å². The average Bonchev–Trinajstić information content (AvgIpc) is 3.22. The predicted octanol–water partition coefficient (Wildman–Crippen LogP) is 1.81. The number of carbonyl (C=O) groups is 2. The van der Waals surface area contributed by atoms with Gasteiger partial charge < -0.3 is 14.4 Å². The summed E-state index contributed by atoms with van der Waals surface area (Å²) in [5, 5.41) is -0.751. The molecule has 0 aromatic heterocycles. The highest BCUT2D eigenvalue weighted by atomic mass is 32.2. The number of likely N-dealkylation sites (tertiary alicyclic amines) is 1. The first-order chi connectivity index (χ1) is 14.8. The van der Waals surface area contributed by atoms with E-state index in [-0.39, 0.29) is 19.3 Å². The number of ether oxygens (including phenoxy) is 2. The maximum Gasteiger partial charge on any atom is 0.303 e. The maximum absolute atomic E-state index is 12.5. The third kappa shape index (κ3) is 6.05. The molecule has 1 heterocycles. The minimum atomic E-state index is -3.57. The molecular formula is C22H32N2O6S. The van der Waals surface area contributed by atoms with Gasteiger partial charge in [-0.05, 0) is 50.6 Å². The first kappa shape index (κ1) is 23.7. The van der Waals surface area contributed by atoms with E-state index >= 15 is 0 Å². The van der Waals surface area contributed by atoms with Crippen LogP contribution < -0.4 is 4.72 Å². The van der Waals surface area contributed by atoms with E-state index < -0.39 is 33.2 Å². The Morgan fingerprint density at radius 1 is 1.10 bits per heavy atom. The van der Waals surface area contributed by atoms with Crippen molar-refractivity contribution in [3.05, 3.63) is 35.9 Å². The summed E-state index contributed by atoms with van der Waals surface area (Å²) < 4.78 is 38.3. The average molecular weight is 453 g/mol. The molecule has 0 spiro atoms. The lowest BCUT2D eigenvalue weighted by molar-refractivity contribution is -0.151. The van der Waals surface area contributed by atoms with Crippen LogP contribution in [0.5, 0.6) is 0 Å². The Morgan fingerprint density at radius 2 is 1.77 bits per heavy atom. The van der Waals surface area contributed by atoms with E-state index in [9.17, 15) is 18.0 Å². The molecule has 1 aromatic carbocycles. The molecule has 1 aliphatic heterocycles. The predicted molar refractivity (Wildman–Crippen MR) is 116 cm³/mol. The summed E-state index contributed by atoms with van der Waals surface area (Å²) in [6.45, 7) is 1.29. The molecule has 1 N–H and O–H groups in total. The van der Waals surface area contributed by atoms with Gasteiger partial charge in [-0.25, -0.2) is 13.1 Å². The minimum Gasteiger partial charge on any atom is -0.456 e. The molecule has 31 heavy (non-hydrogen) atoms. The van der Waals surface area contributed by atoms with Crippen LogP contribution >= 0.6 is 0 Å². The van der Waals surface area contributed by atoms with Gasteiger partial charge in [-0.3, -0.25) is 9.59 Å². The maximum atomic E-state index is 12.5. The number of nitrogens with zero attached hydrogens (tertiary/aromatic N) is 1. The summed E-state index contributed by atoms with van der Waals surface area (Å²) in [5.74, 6) is -0.424. The van der Waals surface area contributed by atoms with Gasteiger partial charge >= 0.3 is 5.97 Å². The van der Waals surface area contributed by atoms with Crippen molar-refractivity contribution < 1.29 is 27.5 Å². The molecule has 1 saturated heterocycles. The van der Waals surface area contributed by atoms with Gasteiger partial charge in [-0.1, -0.05) is 30.3 Å². The zero-order valence-corrected chi connectivity index (χ0v) is 19.0. The molecule has 2 aliphatic rings. The normalized spacial score (nSPS) is 26.6. The van der Waals surface area contributed by atoms with E-state index in [2.05, 4.69) is 29.0 Å². The van der Waals surface area contributed by atoms with Crippen LogP contribution in [0, 0.1) is 0 Å². The number of nitrogens with one attached hydrogen (secondary N) is 1. The molecule has 0 unspecified atom stereocenters. The molecule has 172 valence electrons. The van der Waals surface area contributed by atoms with Gasteiger partial charge in [0.2, 0.25) is 10.0 Å². The Kier molecular flexibility index (Phi) is 8.07. The lowest BCUT2D eigenvalue weighted by atomic mass is 9.83. The number of carbonyl (C=O) groups excluding carboxylic acids is 2. The quantitative estimate of drug-likeness (QED) is 0.604. The van der Waals surface area contributed by atoms with Crippen molar-refractivity contribution in [1.29, 1.82) is 0 Å². The molecule has 1 aromatic rings. The Hall–Kier alpha value is -1.97. The Bertz CT molecular complexity index is 852. The fourth-order valence-electron chi connectivity index (χ4n) is 4.61. The van der Waals surface area contributed by atoms with Crippen LogP contribution in [-0.2, 0) is 29.1 Å². The number of hydrogen-bond acceptors (Lipinski definition) is 6. The van der Waals surface area contributed by atoms with E-state index in [0.717, 1.165) is 25.7 Å². The third-order valence-electron chi connectivity index (χ3n) is 6.33. The van der Waals surface area contributed by atoms with Gasteiger partial charge in [-0.15, -0.1) is 0 Å². The summed E-state index contributed by atoms with van der Waals surface area (Å²) in [6, 6.07) is 9.84. The number of rotatable bonds is 8. The fourth-order valence-corrected chi connectivity index (χ4v) is 5.97. The molecule has 0 bridgehead atoms. The highest BCUT2D eigenvalue weighted by molar-refractivity contribution is 7.90. The molecular weight excluding hydrogens is 420 g/mol. The largest absolute Gasteiger partial charge is 0.456 e. The van der Waals surface area contributed by atoms with E-state index in [0.29, 0.717) is 18.9 Å². The molecule has 1 amide bonds. The lowest BCUT2D eigenvalue weighted by Gasteiger charge is -2.32. The number of sulfonamides is 1.